The number of benzene rings is 1. The molecule has 0 aliphatic carbocycles. The molecule has 3 aromatic rings. The number of carbonyl (C=O) groups excluding carboxylic acids is 1. The lowest BCUT2D eigenvalue weighted by Crippen LogP contribution is -2.26. The molecule has 0 bridgehead atoms. The van der Waals surface area contributed by atoms with Crippen LogP contribution in [0.1, 0.15) is 47.6 Å². The quantitative estimate of drug-likeness (QED) is 0.792. The molecule has 1 aromatic carbocycles. The van der Waals surface area contributed by atoms with Gasteiger partial charge in [-0.2, -0.15) is 0 Å². The van der Waals surface area contributed by atoms with Crippen LogP contribution < -0.4 is 5.32 Å². The van der Waals surface area contributed by atoms with E-state index in [1.54, 1.807) is 26.0 Å². The molecule has 2 aromatic heterocycles. The number of aromatic nitrogens is 1. The summed E-state index contributed by atoms with van der Waals surface area (Å²) in [6.45, 7) is 5.44. The first-order valence-corrected chi connectivity index (χ1v) is 7.44. The summed E-state index contributed by atoms with van der Waals surface area (Å²) >= 11 is 0. The van der Waals surface area contributed by atoms with Crippen LogP contribution in [0.4, 0.5) is 4.39 Å². The van der Waals surface area contributed by atoms with Crippen LogP contribution in [0.2, 0.25) is 0 Å². The van der Waals surface area contributed by atoms with Crippen molar-refractivity contribution in [2.75, 3.05) is 0 Å². The lowest BCUT2D eigenvalue weighted by atomic mass is 10.1. The average Bonchev–Trinajstić information content (AvgIpc) is 3.11. The predicted molar refractivity (Wildman–Crippen MR) is 82.7 cm³/mol. The van der Waals surface area contributed by atoms with Gasteiger partial charge >= 0.3 is 0 Å². The highest BCUT2D eigenvalue weighted by Crippen LogP contribution is 2.28. The van der Waals surface area contributed by atoms with Crippen LogP contribution in [0.5, 0.6) is 0 Å². The number of para-hydroxylation sites is 1. The van der Waals surface area contributed by atoms with E-state index >= 15 is 0 Å². The first kappa shape index (κ1) is 15.3. The van der Waals surface area contributed by atoms with Crippen LogP contribution in [0.15, 0.2) is 33.3 Å². The molecule has 0 aliphatic heterocycles. The van der Waals surface area contributed by atoms with E-state index in [4.69, 9.17) is 8.83 Å². The van der Waals surface area contributed by atoms with E-state index < -0.39 is 5.82 Å². The van der Waals surface area contributed by atoms with Crippen molar-refractivity contribution in [3.05, 3.63) is 53.2 Å². The molecule has 0 saturated heterocycles. The first-order chi connectivity index (χ1) is 11.0. The highest BCUT2D eigenvalue weighted by molar-refractivity contribution is 5.93. The van der Waals surface area contributed by atoms with Crippen molar-refractivity contribution in [2.24, 2.45) is 0 Å². The third-order valence-electron chi connectivity index (χ3n) is 3.75. The Labute approximate surface area is 132 Å². The Morgan fingerprint density at radius 1 is 1.43 bits per heavy atom. The van der Waals surface area contributed by atoms with Gasteiger partial charge in [-0.1, -0.05) is 19.1 Å². The van der Waals surface area contributed by atoms with E-state index in [1.165, 1.54) is 12.3 Å². The molecule has 0 aliphatic rings. The molecule has 1 atom stereocenters. The fourth-order valence-corrected chi connectivity index (χ4v) is 2.53. The van der Waals surface area contributed by atoms with Crippen molar-refractivity contribution >= 4 is 16.9 Å². The summed E-state index contributed by atoms with van der Waals surface area (Å²) in [5.41, 5.74) is 1.45. The number of rotatable bonds is 4. The van der Waals surface area contributed by atoms with Gasteiger partial charge in [-0.3, -0.25) is 4.79 Å². The summed E-state index contributed by atoms with van der Waals surface area (Å²) in [7, 11) is 0. The van der Waals surface area contributed by atoms with Crippen molar-refractivity contribution in [2.45, 2.75) is 33.2 Å². The first-order valence-electron chi connectivity index (χ1n) is 7.44. The fourth-order valence-electron chi connectivity index (χ4n) is 2.53. The number of nitrogens with one attached hydrogen (secondary N) is 1. The molecule has 23 heavy (non-hydrogen) atoms. The molecule has 0 spiro atoms. The molecular weight excluding hydrogens is 299 g/mol. The molecule has 0 saturated carbocycles. The molecule has 0 radical (unpaired) electrons. The summed E-state index contributed by atoms with van der Waals surface area (Å²) in [5.74, 6) is -0.0530. The minimum Gasteiger partial charge on any atom is -0.461 e. The van der Waals surface area contributed by atoms with Crippen molar-refractivity contribution in [3.8, 4) is 0 Å². The zero-order valence-corrected chi connectivity index (χ0v) is 13.1. The molecule has 2 heterocycles. The summed E-state index contributed by atoms with van der Waals surface area (Å²) in [5, 5.41) is 3.47. The third kappa shape index (κ3) is 2.72. The van der Waals surface area contributed by atoms with Crippen molar-refractivity contribution in [3.63, 3.8) is 0 Å². The van der Waals surface area contributed by atoms with Gasteiger partial charge in [-0.05, 0) is 19.9 Å². The van der Waals surface area contributed by atoms with Gasteiger partial charge in [-0.25, -0.2) is 9.37 Å². The molecule has 120 valence electrons. The second-order valence-corrected chi connectivity index (χ2v) is 5.38. The Balaban J connectivity index is 1.85. The number of oxazole rings is 1. The second kappa shape index (κ2) is 5.87. The molecule has 1 N–H and O–H groups in total. The van der Waals surface area contributed by atoms with E-state index in [0.717, 1.165) is 0 Å². The maximum atomic E-state index is 13.7. The van der Waals surface area contributed by atoms with Crippen LogP contribution >= 0.6 is 0 Å². The minimum atomic E-state index is -0.425. The number of aryl methyl sites for hydroxylation is 2. The van der Waals surface area contributed by atoms with Crippen LogP contribution in [-0.2, 0) is 6.42 Å². The Kier molecular flexibility index (Phi) is 3.90. The van der Waals surface area contributed by atoms with Gasteiger partial charge in [0.1, 0.15) is 0 Å². The van der Waals surface area contributed by atoms with Gasteiger partial charge in [0.25, 0.3) is 5.91 Å². The topological polar surface area (TPSA) is 68.3 Å². The Bertz CT molecular complexity index is 866. The van der Waals surface area contributed by atoms with Crippen molar-refractivity contribution < 1.29 is 18.0 Å². The summed E-state index contributed by atoms with van der Waals surface area (Å²) in [6, 6.07) is 4.34. The van der Waals surface area contributed by atoms with Gasteiger partial charge in [0.05, 0.1) is 18.0 Å². The molecule has 1 amide bonds. The van der Waals surface area contributed by atoms with Gasteiger partial charge < -0.3 is 14.2 Å². The maximum absolute atomic E-state index is 13.7. The van der Waals surface area contributed by atoms with Gasteiger partial charge in [0, 0.05) is 17.4 Å². The normalized spacial score (nSPS) is 12.5. The van der Waals surface area contributed by atoms with E-state index in [1.807, 2.05) is 6.92 Å². The maximum Gasteiger partial charge on any atom is 0.289 e. The fraction of sp³-hybridized carbons (Fsp3) is 0.294. The van der Waals surface area contributed by atoms with Crippen LogP contribution in [0.3, 0.4) is 0 Å². The molecule has 0 unspecified atom stereocenters. The number of halogens is 1. The summed E-state index contributed by atoms with van der Waals surface area (Å²) < 4.78 is 24.4. The van der Waals surface area contributed by atoms with E-state index in [-0.39, 0.29) is 23.3 Å². The predicted octanol–water partition coefficient (Wildman–Crippen LogP) is 3.92. The minimum absolute atomic E-state index is 0.188. The molecule has 3 rings (SSSR count). The summed E-state index contributed by atoms with van der Waals surface area (Å²) in [4.78, 5) is 16.5. The molecule has 6 heteroatoms. The largest absolute Gasteiger partial charge is 0.461 e. The van der Waals surface area contributed by atoms with Crippen molar-refractivity contribution in [1.82, 2.24) is 10.3 Å². The number of hydrogen-bond acceptors (Lipinski definition) is 4. The van der Waals surface area contributed by atoms with Gasteiger partial charge in [0.15, 0.2) is 17.3 Å². The Morgan fingerprint density at radius 2 is 2.22 bits per heavy atom. The van der Waals surface area contributed by atoms with E-state index in [2.05, 4.69) is 10.3 Å². The zero-order chi connectivity index (χ0) is 16.6. The van der Waals surface area contributed by atoms with Crippen LogP contribution in [0, 0.1) is 12.7 Å². The molecule has 5 nitrogen and oxygen atoms in total. The van der Waals surface area contributed by atoms with Gasteiger partial charge in [-0.15, -0.1) is 0 Å². The SMILES string of the molecule is CCc1nc(C)c(C(=O)N[C@H](C)c2coc3c(F)cccc23)o1. The van der Waals surface area contributed by atoms with Crippen LogP contribution in [0.25, 0.3) is 11.0 Å². The number of amides is 1. The van der Waals surface area contributed by atoms with Crippen molar-refractivity contribution in [1.29, 1.82) is 0 Å². The number of carbonyl (C=O) groups is 1. The Hall–Kier alpha value is -2.63. The average molecular weight is 316 g/mol. The highest BCUT2D eigenvalue weighted by Gasteiger charge is 2.21. The lowest BCUT2D eigenvalue weighted by Gasteiger charge is -2.11. The van der Waals surface area contributed by atoms with E-state index in [0.29, 0.717) is 29.0 Å². The van der Waals surface area contributed by atoms with Gasteiger partial charge in [0.2, 0.25) is 5.76 Å². The molecular formula is C17H17FN2O3. The smallest absolute Gasteiger partial charge is 0.289 e. The molecule has 0 fully saturated rings. The highest BCUT2D eigenvalue weighted by atomic mass is 19.1. The number of fused-ring (bicyclic) bond motifs is 1. The number of hydrogen-bond donors (Lipinski definition) is 1. The standard InChI is InChI=1S/C17H17FN2O3/c1-4-14-19-10(3)15(23-14)17(21)20-9(2)12-8-22-16-11(12)6-5-7-13(16)18/h5-9H,4H2,1-3H3,(H,20,21)/t9-/m1/s1. The summed E-state index contributed by atoms with van der Waals surface area (Å²) in [6.07, 6.45) is 2.08. The monoisotopic (exact) mass is 316 g/mol. The lowest BCUT2D eigenvalue weighted by molar-refractivity contribution is 0.0909. The third-order valence-corrected chi connectivity index (χ3v) is 3.75. The zero-order valence-electron chi connectivity index (χ0n) is 13.1. The van der Waals surface area contributed by atoms with E-state index in [9.17, 15) is 9.18 Å². The number of nitrogens with zero attached hydrogens (tertiary/aromatic N) is 1. The Morgan fingerprint density at radius 3 is 2.91 bits per heavy atom. The van der Waals surface area contributed by atoms with Crippen LogP contribution in [-0.4, -0.2) is 10.9 Å². The number of furan rings is 1. The second-order valence-electron chi connectivity index (χ2n) is 5.38.